The van der Waals surface area contributed by atoms with E-state index in [9.17, 15) is 4.39 Å². The SMILES string of the molecule is NC1=NCC[C@]2(S1)c1cc(N)ccc1Oc1c2cc(Cl)nc1F. The van der Waals surface area contributed by atoms with E-state index in [-0.39, 0.29) is 10.9 Å². The van der Waals surface area contributed by atoms with Crippen LogP contribution in [0.3, 0.4) is 0 Å². The van der Waals surface area contributed by atoms with Crippen molar-refractivity contribution in [1.29, 1.82) is 0 Å². The first-order valence-corrected chi connectivity index (χ1v) is 8.12. The molecule has 2 aliphatic rings. The van der Waals surface area contributed by atoms with Crippen LogP contribution in [0.4, 0.5) is 10.1 Å². The molecular weight excluding hydrogens is 339 g/mol. The van der Waals surface area contributed by atoms with Gasteiger partial charge in [0.2, 0.25) is 0 Å². The summed E-state index contributed by atoms with van der Waals surface area (Å²) in [4.78, 5) is 7.89. The first-order valence-electron chi connectivity index (χ1n) is 6.93. The molecule has 23 heavy (non-hydrogen) atoms. The molecule has 0 bridgehead atoms. The number of ether oxygens (including phenoxy) is 1. The van der Waals surface area contributed by atoms with Gasteiger partial charge in [-0.25, -0.2) is 4.98 Å². The molecule has 1 atom stereocenters. The number of rotatable bonds is 0. The highest BCUT2D eigenvalue weighted by atomic mass is 35.5. The van der Waals surface area contributed by atoms with E-state index in [0.29, 0.717) is 35.1 Å². The van der Waals surface area contributed by atoms with Crippen LogP contribution < -0.4 is 16.2 Å². The van der Waals surface area contributed by atoms with Crippen LogP contribution in [0.25, 0.3) is 0 Å². The molecule has 2 aromatic rings. The summed E-state index contributed by atoms with van der Waals surface area (Å²) in [6, 6.07) is 6.89. The average Bonchev–Trinajstić information content (AvgIpc) is 2.50. The van der Waals surface area contributed by atoms with E-state index >= 15 is 0 Å². The molecule has 0 radical (unpaired) electrons. The summed E-state index contributed by atoms with van der Waals surface area (Å²) < 4.78 is 19.4. The van der Waals surface area contributed by atoms with Gasteiger partial charge in [-0.1, -0.05) is 23.4 Å². The molecule has 0 saturated carbocycles. The second kappa shape index (κ2) is 5.01. The van der Waals surface area contributed by atoms with Crippen LogP contribution in [-0.4, -0.2) is 16.7 Å². The molecule has 1 aromatic carbocycles. The summed E-state index contributed by atoms with van der Waals surface area (Å²) in [6.45, 7) is 0.522. The van der Waals surface area contributed by atoms with Crippen molar-refractivity contribution < 1.29 is 9.13 Å². The van der Waals surface area contributed by atoms with Crippen molar-refractivity contribution in [2.24, 2.45) is 10.7 Å². The van der Waals surface area contributed by atoms with Crippen molar-refractivity contribution in [3.05, 3.63) is 46.5 Å². The maximum Gasteiger partial charge on any atom is 0.257 e. The minimum Gasteiger partial charge on any atom is -0.452 e. The number of nitrogens with two attached hydrogens (primary N) is 2. The van der Waals surface area contributed by atoms with Gasteiger partial charge in [0.25, 0.3) is 5.95 Å². The molecule has 1 spiro atoms. The molecule has 1 aromatic heterocycles. The van der Waals surface area contributed by atoms with Crippen molar-refractivity contribution >= 4 is 34.2 Å². The normalized spacial score (nSPS) is 22.1. The third kappa shape index (κ3) is 2.14. The zero-order valence-corrected chi connectivity index (χ0v) is 13.4. The Morgan fingerprint density at radius 2 is 2.09 bits per heavy atom. The van der Waals surface area contributed by atoms with Gasteiger partial charge >= 0.3 is 0 Å². The minimum atomic E-state index is -0.740. The minimum absolute atomic E-state index is 0.0678. The lowest BCUT2D eigenvalue weighted by Gasteiger charge is -2.40. The number of amidine groups is 1. The second-order valence-corrected chi connectivity index (χ2v) is 7.08. The number of hydrogen-bond donors (Lipinski definition) is 2. The van der Waals surface area contributed by atoms with Crippen LogP contribution in [-0.2, 0) is 4.75 Å². The molecule has 0 fully saturated rings. The molecular formula is C15H12ClFN4OS. The summed E-state index contributed by atoms with van der Waals surface area (Å²) in [5.74, 6) is -0.123. The van der Waals surface area contributed by atoms with Gasteiger partial charge in [-0.15, -0.1) is 0 Å². The van der Waals surface area contributed by atoms with Crippen LogP contribution in [0.5, 0.6) is 11.5 Å². The molecule has 0 amide bonds. The second-order valence-electron chi connectivity index (χ2n) is 5.37. The van der Waals surface area contributed by atoms with Crippen LogP contribution in [0.15, 0.2) is 29.3 Å². The van der Waals surface area contributed by atoms with E-state index < -0.39 is 10.7 Å². The van der Waals surface area contributed by atoms with Gasteiger partial charge in [0.15, 0.2) is 10.9 Å². The number of anilines is 1. The van der Waals surface area contributed by atoms with Crippen molar-refractivity contribution in [1.82, 2.24) is 4.98 Å². The van der Waals surface area contributed by atoms with Gasteiger partial charge < -0.3 is 16.2 Å². The maximum atomic E-state index is 14.3. The maximum absolute atomic E-state index is 14.3. The quantitative estimate of drug-likeness (QED) is 0.562. The first kappa shape index (κ1) is 14.6. The molecule has 5 nitrogen and oxygen atoms in total. The van der Waals surface area contributed by atoms with Crippen molar-refractivity contribution in [2.75, 3.05) is 12.3 Å². The molecule has 0 unspecified atom stereocenters. The lowest BCUT2D eigenvalue weighted by molar-refractivity contribution is 0.391. The number of aliphatic imine (C=N–C) groups is 1. The number of thioether (sulfide) groups is 1. The Morgan fingerprint density at radius 3 is 2.87 bits per heavy atom. The monoisotopic (exact) mass is 350 g/mol. The number of halogens is 2. The van der Waals surface area contributed by atoms with Crippen LogP contribution in [0.1, 0.15) is 17.5 Å². The zero-order valence-electron chi connectivity index (χ0n) is 11.8. The number of fused-ring (bicyclic) bond motifs is 4. The molecule has 8 heteroatoms. The van der Waals surface area contributed by atoms with Gasteiger partial charge in [-0.05, 0) is 30.7 Å². The lowest BCUT2D eigenvalue weighted by atomic mass is 9.84. The molecule has 2 aliphatic heterocycles. The summed E-state index contributed by atoms with van der Waals surface area (Å²) >= 11 is 7.34. The van der Waals surface area contributed by atoms with Crippen molar-refractivity contribution in [3.8, 4) is 11.5 Å². The number of pyridine rings is 1. The Bertz CT molecular complexity index is 860. The predicted octanol–water partition coefficient (Wildman–Crippen LogP) is 3.26. The van der Waals surface area contributed by atoms with Crippen molar-refractivity contribution in [2.45, 2.75) is 11.2 Å². The number of benzene rings is 1. The fourth-order valence-corrected chi connectivity index (χ4v) is 4.46. The Morgan fingerprint density at radius 1 is 1.26 bits per heavy atom. The van der Waals surface area contributed by atoms with Crippen LogP contribution in [0, 0.1) is 5.95 Å². The van der Waals surface area contributed by atoms with Crippen molar-refractivity contribution in [3.63, 3.8) is 0 Å². The number of nitrogens with zero attached hydrogens (tertiary/aromatic N) is 2. The van der Waals surface area contributed by atoms with E-state index in [1.807, 2.05) is 6.07 Å². The smallest absolute Gasteiger partial charge is 0.257 e. The summed E-state index contributed by atoms with van der Waals surface area (Å²) in [6.07, 6.45) is 0.630. The standard InChI is InChI=1S/C15H12ClFN4OS/c16-11-6-9-12(13(17)21-11)22-10-2-1-7(18)5-8(10)15(9)3-4-20-14(19)23-15/h1-2,5-6H,3-4,18H2,(H2,19,20)/t15-/m0/s1. The molecule has 3 heterocycles. The highest BCUT2D eigenvalue weighted by Crippen LogP contribution is 2.58. The Balaban J connectivity index is 2.04. The van der Waals surface area contributed by atoms with Gasteiger partial charge in [0, 0.05) is 23.4 Å². The topological polar surface area (TPSA) is 86.5 Å². The highest BCUT2D eigenvalue weighted by Gasteiger charge is 2.46. The number of hydrogen-bond acceptors (Lipinski definition) is 6. The molecule has 4 N–H and O–H groups in total. The van der Waals surface area contributed by atoms with E-state index in [1.54, 1.807) is 18.2 Å². The summed E-state index contributed by atoms with van der Waals surface area (Å²) in [5.41, 5.74) is 14.0. The fourth-order valence-electron chi connectivity index (χ4n) is 3.04. The van der Waals surface area contributed by atoms with E-state index in [2.05, 4.69) is 9.98 Å². The zero-order chi connectivity index (χ0) is 16.2. The Kier molecular flexibility index (Phi) is 3.18. The van der Waals surface area contributed by atoms with Gasteiger partial charge in [0.05, 0.1) is 4.75 Å². The summed E-state index contributed by atoms with van der Waals surface area (Å²) in [5, 5.41) is 0.504. The third-order valence-corrected chi connectivity index (χ3v) is 5.52. The van der Waals surface area contributed by atoms with Crippen LogP contribution in [0.2, 0.25) is 5.15 Å². The fraction of sp³-hybridized carbons (Fsp3) is 0.200. The number of aromatic nitrogens is 1. The first-order chi connectivity index (χ1) is 11.0. The third-order valence-electron chi connectivity index (χ3n) is 4.00. The molecule has 4 rings (SSSR count). The number of nitrogen functional groups attached to an aromatic ring is 1. The largest absolute Gasteiger partial charge is 0.452 e. The summed E-state index contributed by atoms with van der Waals surface area (Å²) in [7, 11) is 0. The van der Waals surface area contributed by atoms with E-state index in [4.69, 9.17) is 27.8 Å². The molecule has 0 aliphatic carbocycles. The average molecular weight is 351 g/mol. The van der Waals surface area contributed by atoms with Gasteiger partial charge in [0.1, 0.15) is 10.9 Å². The van der Waals surface area contributed by atoms with Gasteiger partial charge in [-0.2, -0.15) is 4.39 Å². The highest BCUT2D eigenvalue weighted by molar-refractivity contribution is 8.14. The molecule has 118 valence electrons. The van der Waals surface area contributed by atoms with E-state index in [1.165, 1.54) is 11.8 Å². The van der Waals surface area contributed by atoms with Gasteiger partial charge in [-0.3, -0.25) is 4.99 Å². The Labute approximate surface area is 140 Å². The molecule has 0 saturated heterocycles. The lowest BCUT2D eigenvalue weighted by Crippen LogP contribution is -2.35. The Hall–Kier alpha value is -1.99. The van der Waals surface area contributed by atoms with E-state index in [0.717, 1.165) is 5.56 Å². The predicted molar refractivity (Wildman–Crippen MR) is 89.6 cm³/mol. The van der Waals surface area contributed by atoms with Crippen LogP contribution >= 0.6 is 23.4 Å².